The van der Waals surface area contributed by atoms with E-state index in [0.717, 1.165) is 19.6 Å². The van der Waals surface area contributed by atoms with Crippen LogP contribution in [-0.4, -0.2) is 38.9 Å². The van der Waals surface area contributed by atoms with Crippen molar-refractivity contribution in [1.82, 2.24) is 4.31 Å². The van der Waals surface area contributed by atoms with Gasteiger partial charge in [0, 0.05) is 10.6 Å². The van der Waals surface area contributed by atoms with Gasteiger partial charge in [0.05, 0.1) is 31.2 Å². The van der Waals surface area contributed by atoms with E-state index in [1.165, 1.54) is 20.8 Å². The molecule has 2 aromatic rings. The van der Waals surface area contributed by atoms with Crippen molar-refractivity contribution in [1.29, 1.82) is 0 Å². The highest BCUT2D eigenvalue weighted by molar-refractivity contribution is 7.89. The smallest absolute Gasteiger partial charge is 0.244 e. The first-order chi connectivity index (χ1) is 11.9. The number of benzene rings is 2. The molecule has 1 N–H and O–H groups in total. The van der Waals surface area contributed by atoms with Gasteiger partial charge in [-0.25, -0.2) is 8.42 Å². The molecule has 3 rings (SSSR count). The average Bonchev–Trinajstić information content (AvgIpc) is 2.59. The van der Waals surface area contributed by atoms with E-state index in [1.807, 2.05) is 18.2 Å². The Morgan fingerprint density at radius 1 is 1.04 bits per heavy atom. The second kappa shape index (κ2) is 7.64. The number of hydrogen-bond donors (Lipinski definition) is 1. The molecule has 0 aromatic heterocycles. The zero-order chi connectivity index (χ0) is 18.0. The van der Waals surface area contributed by atoms with E-state index in [1.54, 1.807) is 13.0 Å². The minimum absolute atomic E-state index is 0.141. The molecule has 0 radical (unpaired) electrons. The molecule has 4 nitrogen and oxygen atoms in total. The summed E-state index contributed by atoms with van der Waals surface area (Å²) >= 11 is 12.2. The van der Waals surface area contributed by atoms with E-state index in [0.29, 0.717) is 23.7 Å². The zero-order valence-electron chi connectivity index (χ0n) is 14.0. The number of nitrogens with zero attached hydrogens (tertiary/aromatic N) is 1. The fraction of sp³-hybridized carbons (Fsp3) is 0.333. The predicted octanol–water partition coefficient (Wildman–Crippen LogP) is 2.39. The standard InChI is InChI=1S/C18H20Cl2N2O2S/c1-14-11-18(17(20)12-16(14)19)25(23,24)22-9-7-21(8-10-22)13-15-5-3-2-4-6-15/h2-6,11-12H,7-10,13H2,1H3/p+1. The molecular weight excluding hydrogens is 379 g/mol. The van der Waals surface area contributed by atoms with Crippen LogP contribution >= 0.6 is 23.2 Å². The highest BCUT2D eigenvalue weighted by Crippen LogP contribution is 2.30. The Morgan fingerprint density at radius 2 is 1.68 bits per heavy atom. The van der Waals surface area contributed by atoms with Crippen molar-refractivity contribution in [3.63, 3.8) is 0 Å². The molecule has 1 saturated heterocycles. The predicted molar refractivity (Wildman–Crippen MR) is 101 cm³/mol. The Hall–Kier alpha value is -1.11. The topological polar surface area (TPSA) is 41.8 Å². The third kappa shape index (κ3) is 4.18. The van der Waals surface area contributed by atoms with Gasteiger partial charge in [-0.15, -0.1) is 0 Å². The van der Waals surface area contributed by atoms with Gasteiger partial charge >= 0.3 is 0 Å². The molecule has 1 aliphatic heterocycles. The molecule has 1 aliphatic rings. The summed E-state index contributed by atoms with van der Waals surface area (Å²) in [5.41, 5.74) is 1.98. The van der Waals surface area contributed by atoms with E-state index < -0.39 is 10.0 Å². The monoisotopic (exact) mass is 399 g/mol. The minimum Gasteiger partial charge on any atom is -0.329 e. The van der Waals surface area contributed by atoms with Gasteiger partial charge in [0.2, 0.25) is 10.0 Å². The molecule has 2 aromatic carbocycles. The van der Waals surface area contributed by atoms with Crippen LogP contribution in [-0.2, 0) is 16.6 Å². The van der Waals surface area contributed by atoms with Gasteiger partial charge in [0.1, 0.15) is 11.4 Å². The molecule has 0 bridgehead atoms. The molecule has 0 aliphatic carbocycles. The summed E-state index contributed by atoms with van der Waals surface area (Å²) in [6.07, 6.45) is 0. The van der Waals surface area contributed by atoms with Crippen LogP contribution in [0.1, 0.15) is 11.1 Å². The van der Waals surface area contributed by atoms with Gasteiger partial charge in [-0.3, -0.25) is 0 Å². The molecule has 0 spiro atoms. The lowest BCUT2D eigenvalue weighted by atomic mass is 10.2. The fourth-order valence-electron chi connectivity index (χ4n) is 3.07. The van der Waals surface area contributed by atoms with Gasteiger partial charge in [-0.2, -0.15) is 4.31 Å². The number of hydrogen-bond acceptors (Lipinski definition) is 2. The molecule has 1 fully saturated rings. The van der Waals surface area contributed by atoms with E-state index >= 15 is 0 Å². The Morgan fingerprint density at radius 3 is 2.32 bits per heavy atom. The van der Waals surface area contributed by atoms with Crippen molar-refractivity contribution in [3.8, 4) is 0 Å². The lowest BCUT2D eigenvalue weighted by molar-refractivity contribution is -0.917. The van der Waals surface area contributed by atoms with Crippen molar-refractivity contribution >= 4 is 33.2 Å². The summed E-state index contributed by atoms with van der Waals surface area (Å²) in [4.78, 5) is 1.53. The molecule has 0 unspecified atom stereocenters. The summed E-state index contributed by atoms with van der Waals surface area (Å²) in [5.74, 6) is 0. The lowest BCUT2D eigenvalue weighted by Gasteiger charge is -2.31. The summed E-state index contributed by atoms with van der Waals surface area (Å²) in [7, 11) is -3.60. The van der Waals surface area contributed by atoms with Crippen molar-refractivity contribution < 1.29 is 13.3 Å². The van der Waals surface area contributed by atoms with Crippen LogP contribution in [0.4, 0.5) is 0 Å². The zero-order valence-corrected chi connectivity index (χ0v) is 16.3. The second-order valence-electron chi connectivity index (χ2n) is 6.35. The second-order valence-corrected chi connectivity index (χ2v) is 9.07. The largest absolute Gasteiger partial charge is 0.329 e. The highest BCUT2D eigenvalue weighted by Gasteiger charge is 2.32. The Labute approximate surface area is 159 Å². The van der Waals surface area contributed by atoms with Gasteiger partial charge in [0.25, 0.3) is 0 Å². The maximum atomic E-state index is 12.9. The molecule has 134 valence electrons. The Bertz CT molecular complexity index is 849. The molecular formula is C18H21Cl2N2O2S+. The van der Waals surface area contributed by atoms with Crippen molar-refractivity contribution in [3.05, 3.63) is 63.6 Å². The first-order valence-electron chi connectivity index (χ1n) is 8.21. The number of piperazine rings is 1. The molecule has 7 heteroatoms. The minimum atomic E-state index is -3.60. The molecule has 0 atom stereocenters. The normalized spacial score (nSPS) is 16.9. The van der Waals surface area contributed by atoms with Gasteiger partial charge in [0.15, 0.2) is 0 Å². The number of sulfonamides is 1. The quantitative estimate of drug-likeness (QED) is 0.857. The van der Waals surface area contributed by atoms with Crippen LogP contribution in [0.5, 0.6) is 0 Å². The van der Waals surface area contributed by atoms with Crippen LogP contribution < -0.4 is 4.90 Å². The van der Waals surface area contributed by atoms with Crippen molar-refractivity contribution in [2.75, 3.05) is 26.2 Å². The highest BCUT2D eigenvalue weighted by atomic mass is 35.5. The first kappa shape index (κ1) is 18.7. The summed E-state index contributed by atoms with van der Waals surface area (Å²) < 4.78 is 27.4. The lowest BCUT2D eigenvalue weighted by Crippen LogP contribution is -3.13. The first-order valence-corrected chi connectivity index (χ1v) is 10.4. The van der Waals surface area contributed by atoms with Crippen LogP contribution in [0, 0.1) is 6.92 Å². The number of nitrogens with one attached hydrogen (secondary N) is 1. The van der Waals surface area contributed by atoms with Crippen molar-refractivity contribution in [2.45, 2.75) is 18.4 Å². The van der Waals surface area contributed by atoms with E-state index in [2.05, 4.69) is 12.1 Å². The number of halogens is 2. The Balaban J connectivity index is 1.71. The van der Waals surface area contributed by atoms with Gasteiger partial charge in [-0.05, 0) is 24.6 Å². The number of quaternary nitrogens is 1. The van der Waals surface area contributed by atoms with Crippen molar-refractivity contribution in [2.24, 2.45) is 0 Å². The molecule has 25 heavy (non-hydrogen) atoms. The number of rotatable bonds is 4. The molecule has 0 saturated carbocycles. The van der Waals surface area contributed by atoms with Gasteiger partial charge < -0.3 is 4.90 Å². The summed E-state index contributed by atoms with van der Waals surface area (Å²) in [5, 5.41) is 0.649. The summed E-state index contributed by atoms with van der Waals surface area (Å²) in [6, 6.07) is 13.3. The third-order valence-electron chi connectivity index (χ3n) is 4.56. The van der Waals surface area contributed by atoms with Crippen LogP contribution in [0.25, 0.3) is 0 Å². The summed E-state index contributed by atoms with van der Waals surface area (Å²) in [6.45, 7) is 5.22. The van der Waals surface area contributed by atoms with E-state index in [-0.39, 0.29) is 9.92 Å². The van der Waals surface area contributed by atoms with E-state index in [9.17, 15) is 8.42 Å². The van der Waals surface area contributed by atoms with Crippen LogP contribution in [0.3, 0.4) is 0 Å². The van der Waals surface area contributed by atoms with E-state index in [4.69, 9.17) is 23.2 Å². The van der Waals surface area contributed by atoms with Crippen LogP contribution in [0.2, 0.25) is 10.0 Å². The molecule has 1 heterocycles. The third-order valence-corrected chi connectivity index (χ3v) is 7.33. The maximum Gasteiger partial charge on any atom is 0.244 e. The fourth-order valence-corrected chi connectivity index (χ4v) is 5.32. The van der Waals surface area contributed by atoms with Gasteiger partial charge in [-0.1, -0.05) is 53.5 Å². The maximum absolute atomic E-state index is 12.9. The average molecular weight is 400 g/mol. The van der Waals surface area contributed by atoms with Crippen LogP contribution in [0.15, 0.2) is 47.4 Å². The molecule has 0 amide bonds. The SMILES string of the molecule is Cc1cc(S(=O)(=O)N2CC[NH+](Cc3ccccc3)CC2)c(Cl)cc1Cl. The Kier molecular flexibility index (Phi) is 5.71. The number of aryl methyl sites for hydroxylation is 1.